The van der Waals surface area contributed by atoms with Crippen molar-refractivity contribution >= 4 is 47.2 Å². The molecule has 0 amide bonds. The standard InChI is InChI=1S/C22H20Cl3NO.ClH/c23-19-8-9-22(27-15-16-4-2-1-3-5-16)18(12-19)14-26-11-10-17-6-7-20(24)13-21(17)25;/h1-9,12-13,26H,10-11,14-15H2;1H. The van der Waals surface area contributed by atoms with Crippen LogP contribution in [0.4, 0.5) is 0 Å². The molecule has 0 aliphatic carbocycles. The summed E-state index contributed by atoms with van der Waals surface area (Å²) >= 11 is 18.3. The normalized spacial score (nSPS) is 10.4. The average Bonchev–Trinajstić information content (AvgIpc) is 2.67. The minimum Gasteiger partial charge on any atom is -0.489 e. The highest BCUT2D eigenvalue weighted by Gasteiger charge is 2.06. The van der Waals surface area contributed by atoms with Crippen LogP contribution in [-0.4, -0.2) is 6.54 Å². The van der Waals surface area contributed by atoms with Gasteiger partial charge in [0.15, 0.2) is 0 Å². The molecule has 148 valence electrons. The zero-order chi connectivity index (χ0) is 19.1. The van der Waals surface area contributed by atoms with Gasteiger partial charge in [-0.05, 0) is 54.4 Å². The Hall–Kier alpha value is -1.42. The largest absolute Gasteiger partial charge is 0.489 e. The Morgan fingerprint density at radius 3 is 2.25 bits per heavy atom. The van der Waals surface area contributed by atoms with Gasteiger partial charge < -0.3 is 10.1 Å². The lowest BCUT2D eigenvalue weighted by Gasteiger charge is -2.13. The highest BCUT2D eigenvalue weighted by Crippen LogP contribution is 2.24. The van der Waals surface area contributed by atoms with Crippen molar-refractivity contribution in [2.45, 2.75) is 19.6 Å². The van der Waals surface area contributed by atoms with Crippen LogP contribution < -0.4 is 10.1 Å². The van der Waals surface area contributed by atoms with Crippen LogP contribution in [0.25, 0.3) is 0 Å². The molecule has 2 nitrogen and oxygen atoms in total. The van der Waals surface area contributed by atoms with E-state index in [1.165, 1.54) is 0 Å². The fourth-order valence-corrected chi connectivity index (χ4v) is 3.43. The van der Waals surface area contributed by atoms with Gasteiger partial charge in [-0.2, -0.15) is 0 Å². The summed E-state index contributed by atoms with van der Waals surface area (Å²) in [5, 5.41) is 5.46. The van der Waals surface area contributed by atoms with Crippen LogP contribution in [0.3, 0.4) is 0 Å². The second-order valence-corrected chi connectivity index (χ2v) is 7.47. The lowest BCUT2D eigenvalue weighted by atomic mass is 10.1. The van der Waals surface area contributed by atoms with E-state index in [2.05, 4.69) is 5.32 Å². The van der Waals surface area contributed by atoms with E-state index >= 15 is 0 Å². The summed E-state index contributed by atoms with van der Waals surface area (Å²) in [5.74, 6) is 0.834. The first-order valence-corrected chi connectivity index (χ1v) is 9.85. The number of nitrogens with one attached hydrogen (secondary N) is 1. The van der Waals surface area contributed by atoms with E-state index in [4.69, 9.17) is 39.5 Å². The van der Waals surface area contributed by atoms with E-state index in [-0.39, 0.29) is 12.4 Å². The van der Waals surface area contributed by atoms with Gasteiger partial charge in [-0.15, -0.1) is 12.4 Å². The second-order valence-electron chi connectivity index (χ2n) is 6.19. The van der Waals surface area contributed by atoms with Crippen molar-refractivity contribution < 1.29 is 4.74 Å². The third-order valence-corrected chi connectivity index (χ3v) is 4.98. The van der Waals surface area contributed by atoms with Gasteiger partial charge in [-0.1, -0.05) is 71.2 Å². The minimum atomic E-state index is 0. The Balaban J connectivity index is 0.00000280. The molecule has 0 bridgehead atoms. The summed E-state index contributed by atoms with van der Waals surface area (Å²) in [5.41, 5.74) is 3.23. The molecule has 1 N–H and O–H groups in total. The number of ether oxygens (including phenoxy) is 1. The fraction of sp³-hybridized carbons (Fsp3) is 0.182. The lowest BCUT2D eigenvalue weighted by Crippen LogP contribution is -2.17. The molecule has 0 heterocycles. The van der Waals surface area contributed by atoms with Gasteiger partial charge in [0.25, 0.3) is 0 Å². The zero-order valence-corrected chi connectivity index (χ0v) is 18.2. The molecule has 0 atom stereocenters. The summed E-state index contributed by atoms with van der Waals surface area (Å²) in [6.07, 6.45) is 0.816. The van der Waals surface area contributed by atoms with Gasteiger partial charge in [0, 0.05) is 27.2 Å². The van der Waals surface area contributed by atoms with Gasteiger partial charge in [-0.3, -0.25) is 0 Å². The molecule has 0 aliphatic rings. The third kappa shape index (κ3) is 6.88. The molecule has 6 heteroatoms. The van der Waals surface area contributed by atoms with Crippen molar-refractivity contribution in [3.63, 3.8) is 0 Å². The van der Waals surface area contributed by atoms with Crippen molar-refractivity contribution in [3.8, 4) is 5.75 Å². The Bertz CT molecular complexity index is 887. The zero-order valence-electron chi connectivity index (χ0n) is 15.1. The molecule has 0 radical (unpaired) electrons. The molecule has 3 rings (SSSR count). The maximum atomic E-state index is 6.22. The molecule has 0 spiro atoms. The van der Waals surface area contributed by atoms with Crippen molar-refractivity contribution in [1.29, 1.82) is 0 Å². The van der Waals surface area contributed by atoms with Crippen LogP contribution in [0.2, 0.25) is 15.1 Å². The maximum absolute atomic E-state index is 6.22. The van der Waals surface area contributed by atoms with Crippen molar-refractivity contribution in [2.24, 2.45) is 0 Å². The second kappa shape index (κ2) is 11.5. The molecule has 0 fully saturated rings. The van der Waals surface area contributed by atoms with Crippen LogP contribution in [0.15, 0.2) is 66.7 Å². The number of benzene rings is 3. The molecule has 3 aromatic rings. The van der Waals surface area contributed by atoms with Gasteiger partial charge in [0.05, 0.1) is 0 Å². The first kappa shape index (κ1) is 22.9. The molecule has 0 unspecified atom stereocenters. The molecule has 0 saturated heterocycles. The van der Waals surface area contributed by atoms with Crippen LogP contribution in [0.1, 0.15) is 16.7 Å². The van der Waals surface area contributed by atoms with E-state index < -0.39 is 0 Å². The first-order valence-electron chi connectivity index (χ1n) is 8.71. The molecule has 0 aromatic heterocycles. The van der Waals surface area contributed by atoms with Gasteiger partial charge in [0.1, 0.15) is 12.4 Å². The summed E-state index contributed by atoms with van der Waals surface area (Å²) in [7, 11) is 0. The van der Waals surface area contributed by atoms with Gasteiger partial charge in [0.2, 0.25) is 0 Å². The summed E-state index contributed by atoms with van der Waals surface area (Å²) in [6, 6.07) is 21.4. The van der Waals surface area contributed by atoms with Crippen LogP contribution >= 0.6 is 47.2 Å². The molecular formula is C22H21Cl4NO. The topological polar surface area (TPSA) is 21.3 Å². The summed E-state index contributed by atoms with van der Waals surface area (Å²) in [4.78, 5) is 0. The van der Waals surface area contributed by atoms with Crippen LogP contribution in [-0.2, 0) is 19.6 Å². The Labute approximate surface area is 187 Å². The average molecular weight is 457 g/mol. The van der Waals surface area contributed by atoms with Crippen molar-refractivity contribution in [3.05, 3.63) is 98.5 Å². The molecular weight excluding hydrogens is 436 g/mol. The van der Waals surface area contributed by atoms with Gasteiger partial charge in [-0.25, -0.2) is 0 Å². The Morgan fingerprint density at radius 1 is 0.786 bits per heavy atom. The number of rotatable bonds is 8. The van der Waals surface area contributed by atoms with Gasteiger partial charge >= 0.3 is 0 Å². The number of hydrogen-bond donors (Lipinski definition) is 1. The monoisotopic (exact) mass is 455 g/mol. The minimum absolute atomic E-state index is 0. The van der Waals surface area contributed by atoms with Crippen molar-refractivity contribution in [1.82, 2.24) is 5.32 Å². The maximum Gasteiger partial charge on any atom is 0.124 e. The van der Waals surface area contributed by atoms with Crippen LogP contribution in [0.5, 0.6) is 5.75 Å². The SMILES string of the molecule is Cl.Clc1ccc(CCNCc2cc(Cl)ccc2OCc2ccccc2)c(Cl)c1. The Kier molecular flexibility index (Phi) is 9.43. The van der Waals surface area contributed by atoms with Crippen molar-refractivity contribution in [2.75, 3.05) is 6.54 Å². The molecule has 0 aliphatic heterocycles. The van der Waals surface area contributed by atoms with E-state index in [1.807, 2.05) is 60.7 Å². The van der Waals surface area contributed by atoms with E-state index in [0.717, 1.165) is 35.4 Å². The quantitative estimate of drug-likeness (QED) is 0.369. The molecule has 28 heavy (non-hydrogen) atoms. The molecule has 0 saturated carbocycles. The smallest absolute Gasteiger partial charge is 0.124 e. The van der Waals surface area contributed by atoms with E-state index in [9.17, 15) is 0 Å². The molecule has 3 aromatic carbocycles. The fourth-order valence-electron chi connectivity index (χ4n) is 2.73. The Morgan fingerprint density at radius 2 is 1.50 bits per heavy atom. The highest BCUT2D eigenvalue weighted by atomic mass is 35.5. The van der Waals surface area contributed by atoms with E-state index in [0.29, 0.717) is 28.2 Å². The highest BCUT2D eigenvalue weighted by molar-refractivity contribution is 6.35. The summed E-state index contributed by atoms with van der Waals surface area (Å²) in [6.45, 7) is 1.97. The van der Waals surface area contributed by atoms with E-state index in [1.54, 1.807) is 6.07 Å². The first-order chi connectivity index (χ1) is 13.1. The predicted octanol–water partition coefficient (Wildman–Crippen LogP) is 6.98. The van der Waals surface area contributed by atoms with Crippen LogP contribution in [0, 0.1) is 0 Å². The third-order valence-electron chi connectivity index (χ3n) is 4.16. The number of hydrogen-bond acceptors (Lipinski definition) is 2. The predicted molar refractivity (Wildman–Crippen MR) is 121 cm³/mol. The lowest BCUT2D eigenvalue weighted by molar-refractivity contribution is 0.302. The summed E-state index contributed by atoms with van der Waals surface area (Å²) < 4.78 is 5.99. The number of halogens is 4.